The fourth-order valence-corrected chi connectivity index (χ4v) is 14.8. The van der Waals surface area contributed by atoms with Crippen LogP contribution in [0.25, 0.3) is 21.7 Å². The van der Waals surface area contributed by atoms with E-state index in [0.29, 0.717) is 34.6 Å². The number of halogens is 2. The number of likely N-dealkylation sites (N-methyl/N-ethyl adjacent to an activating group) is 1. The van der Waals surface area contributed by atoms with Gasteiger partial charge in [0.1, 0.15) is 35.1 Å². The van der Waals surface area contributed by atoms with E-state index in [1.54, 1.807) is 6.08 Å². The van der Waals surface area contributed by atoms with Crippen LogP contribution in [0.2, 0.25) is 0 Å². The number of hydrogen-bond donors (Lipinski definition) is 8. The molecule has 654 valence electrons. The van der Waals surface area contributed by atoms with E-state index in [2.05, 4.69) is 86.4 Å². The molecule has 4 aromatic carbocycles. The number of phosphoric acid groups is 1. The molecule has 0 aliphatic heterocycles. The first-order valence-electron chi connectivity index (χ1n) is 40.0. The minimum Gasteiger partial charge on any atom is -0.756 e. The van der Waals surface area contributed by atoms with E-state index in [0.717, 1.165) is 69.6 Å². The van der Waals surface area contributed by atoms with Crippen molar-refractivity contribution in [1.82, 2.24) is 36.1 Å². The molecule has 2 heterocycles. The maximum Gasteiger partial charge on any atom is 0.514 e. The van der Waals surface area contributed by atoms with Crippen LogP contribution in [0.1, 0.15) is 206 Å². The summed E-state index contributed by atoms with van der Waals surface area (Å²) in [5, 5.41) is 29.8. The standard InChI is InChI=1S/C78H114BrFN13O21PS3/c1-6-8-10-12-14-16-18-20-22-24-26-28-30-36-67(66(56-110-115(98,99)109-50-48-93(3,4)5)87-70(94)37-31-29-27-25-23-21-19-17-15-13-11-9-7-2)108-49-33-32-44-82-71(95)55-68(77(96)113-91-76(86-59-41-43-64(80)63(79)53-59)73-75(92-114-90-73)84-46-47-85-118(81,106)107)111-78(97)112-74-65(54-69(117(103,104)105)62-35-34-45-83-72(62)74)89-88-60-40-38-58-52-61(116(100,101)102)42-39-57(58)51-60/h30,34-36,38-43,45,51-54,66-68,85H,6-29,31-33,37,44,46-50,55-56H2,1-5H3,(H8-,81,82,84,86,87,91,92,94,95,98,99,100,101,102,103,104,105,106,107)/b36-30+,89-88?/t66-,67+,68?/m0/s1. The van der Waals surface area contributed by atoms with Crippen LogP contribution in [0, 0.1) is 5.82 Å². The number of hydrogen-bond acceptors (Lipinski definition) is 26. The van der Waals surface area contributed by atoms with Crippen LogP contribution >= 0.6 is 23.8 Å². The Balaban J connectivity index is 1.24. The number of aliphatic imine (C=N–C) groups is 1. The lowest BCUT2D eigenvalue weighted by atomic mass is 10.0. The molecule has 40 heteroatoms. The van der Waals surface area contributed by atoms with Gasteiger partial charge in [-0.25, -0.2) is 33.5 Å². The van der Waals surface area contributed by atoms with Crippen LogP contribution < -0.4 is 40.9 Å². The molecule has 2 unspecified atom stereocenters. The third kappa shape index (κ3) is 38.7. The molecule has 0 aliphatic rings. The number of nitrogens with two attached hydrogens (primary N) is 1. The zero-order chi connectivity index (χ0) is 86.0. The van der Waals surface area contributed by atoms with Gasteiger partial charge in [0, 0.05) is 44.2 Å². The minimum absolute atomic E-state index is 0.00168. The Labute approximate surface area is 698 Å². The van der Waals surface area contributed by atoms with Crippen molar-refractivity contribution in [3.63, 3.8) is 0 Å². The number of carbonyl (C=O) groups excluding carboxylic acids is 4. The summed E-state index contributed by atoms with van der Waals surface area (Å²) < 4.78 is 157. The molecular weight excluding hydrogens is 1680 g/mol. The van der Waals surface area contributed by atoms with Crippen LogP contribution in [-0.4, -0.2) is 169 Å². The van der Waals surface area contributed by atoms with Gasteiger partial charge in [-0.05, 0) is 130 Å². The minimum atomic E-state index is -5.12. The number of rotatable bonds is 58. The SMILES string of the molecule is CCCCCCCCCCCCC/C=C/[C@@H](OCCCCNC(=O)CC(OC(=O)Oc1c(N=Nc2ccc3cc(S(=O)(=O)O)ccc3c2)cc(S(=O)(=O)O)c2cccnc12)C(=O)ONC(=Nc1ccc(F)c(Br)c1)c1nonc1NCCNS(N)(=O)=O)[C@H](COP(=O)([O-])OCC[N+](C)(C)C)NC(=O)CCCCCCCCCCCCCCC. The zero-order valence-electron chi connectivity index (χ0n) is 67.6. The van der Waals surface area contributed by atoms with Crippen molar-refractivity contribution in [3.05, 3.63) is 107 Å². The van der Waals surface area contributed by atoms with E-state index >= 15 is 0 Å². The van der Waals surface area contributed by atoms with Crippen molar-refractivity contribution < 1.29 is 105 Å². The summed E-state index contributed by atoms with van der Waals surface area (Å²) in [6, 6.07) is 13.7. The van der Waals surface area contributed by atoms with Crippen molar-refractivity contribution in [2.24, 2.45) is 20.4 Å². The number of azo groups is 1. The van der Waals surface area contributed by atoms with E-state index in [4.69, 9.17) is 37.9 Å². The highest BCUT2D eigenvalue weighted by Gasteiger charge is 2.33. The lowest BCUT2D eigenvalue weighted by molar-refractivity contribution is -0.870. The molecule has 2 aromatic heterocycles. The number of allylic oxidation sites excluding steroid dienone is 1. The Morgan fingerprint density at radius 1 is 0.712 bits per heavy atom. The van der Waals surface area contributed by atoms with Gasteiger partial charge in [0.05, 0.1) is 67.1 Å². The smallest absolute Gasteiger partial charge is 0.514 e. The maximum absolute atomic E-state index is 14.5. The molecule has 0 fully saturated rings. The van der Waals surface area contributed by atoms with Gasteiger partial charge < -0.3 is 53.4 Å². The highest BCUT2D eigenvalue weighted by molar-refractivity contribution is 9.10. The lowest BCUT2D eigenvalue weighted by Crippen LogP contribution is -2.47. The topological polar surface area (TPSA) is 482 Å². The quantitative estimate of drug-likeness (QED) is 0.00150. The monoisotopic (exact) mass is 1790 g/mol. The first kappa shape index (κ1) is 98.9. The molecule has 118 heavy (non-hydrogen) atoms. The van der Waals surface area contributed by atoms with Crippen molar-refractivity contribution in [1.29, 1.82) is 0 Å². The molecular formula is C78H114BrFN13O21PS3. The van der Waals surface area contributed by atoms with Gasteiger partial charge >= 0.3 is 12.1 Å². The first-order chi connectivity index (χ1) is 56.2. The molecule has 0 radical (unpaired) electrons. The van der Waals surface area contributed by atoms with Crippen LogP contribution in [0.4, 0.5) is 32.1 Å². The molecule has 0 saturated heterocycles. The molecule has 34 nitrogen and oxygen atoms in total. The second kappa shape index (κ2) is 51.7. The Morgan fingerprint density at radius 2 is 1.34 bits per heavy atom. The number of fused-ring (bicyclic) bond motifs is 2. The number of nitrogens with zero attached hydrogens (tertiary/aromatic N) is 7. The molecule has 0 spiro atoms. The predicted octanol–water partition coefficient (Wildman–Crippen LogP) is 14.6. The van der Waals surface area contributed by atoms with E-state index in [-0.39, 0.29) is 90.8 Å². The number of ether oxygens (including phenoxy) is 3. The highest BCUT2D eigenvalue weighted by atomic mass is 79.9. The molecule has 2 amide bonds. The van der Waals surface area contributed by atoms with E-state index in [1.165, 1.54) is 157 Å². The van der Waals surface area contributed by atoms with Crippen LogP contribution in [0.5, 0.6) is 5.75 Å². The Morgan fingerprint density at radius 3 is 1.97 bits per heavy atom. The average molecular weight is 1800 g/mol. The number of aromatic nitrogens is 3. The Bertz CT molecular complexity index is 4680. The number of phosphoric ester groups is 1. The molecule has 9 N–H and O–H groups in total. The van der Waals surface area contributed by atoms with E-state index in [9.17, 15) is 67.4 Å². The first-order valence-corrected chi connectivity index (χ1v) is 46.7. The van der Waals surface area contributed by atoms with Crippen LogP contribution in [0.3, 0.4) is 0 Å². The molecule has 6 aromatic rings. The van der Waals surface area contributed by atoms with E-state index < -0.39 is 126 Å². The normalized spacial score (nSPS) is 13.7. The second-order valence-electron chi connectivity index (χ2n) is 29.4. The number of hydroxylamine groups is 1. The summed E-state index contributed by atoms with van der Waals surface area (Å²) in [6.07, 6.45) is 27.4. The summed E-state index contributed by atoms with van der Waals surface area (Å²) in [5.74, 6) is -4.88. The Kier molecular flexibility index (Phi) is 43.3. The number of unbranched alkanes of at least 4 members (excludes halogenated alkanes) is 24. The Hall–Kier alpha value is -7.89. The third-order valence-corrected chi connectivity index (χ3v) is 22.4. The number of amides is 2. The van der Waals surface area contributed by atoms with Crippen LogP contribution in [-0.2, 0) is 72.8 Å². The van der Waals surface area contributed by atoms with Gasteiger partial charge in [0.2, 0.25) is 23.7 Å². The number of amidine groups is 1. The molecule has 0 bridgehead atoms. The van der Waals surface area contributed by atoms with Gasteiger partial charge in [-0.15, -0.1) is 5.11 Å². The number of carbonyl (C=O) groups is 4. The molecule has 4 atom stereocenters. The van der Waals surface area contributed by atoms with Gasteiger partial charge in [0.15, 0.2) is 17.3 Å². The molecule has 0 saturated carbocycles. The highest BCUT2D eigenvalue weighted by Crippen LogP contribution is 2.41. The number of benzene rings is 4. The van der Waals surface area contributed by atoms with Gasteiger partial charge in [-0.3, -0.25) is 28.2 Å². The summed E-state index contributed by atoms with van der Waals surface area (Å²) in [4.78, 5) is 83.1. The third-order valence-electron chi connectivity index (χ3n) is 18.5. The summed E-state index contributed by atoms with van der Waals surface area (Å²) in [5.41, 5.74) is 0.971. The second-order valence-corrected chi connectivity index (χ2v) is 35.9. The van der Waals surface area contributed by atoms with Crippen molar-refractivity contribution in [3.8, 4) is 5.75 Å². The van der Waals surface area contributed by atoms with Gasteiger partial charge in [0.25, 0.3) is 38.3 Å². The zero-order valence-corrected chi connectivity index (χ0v) is 72.6. The maximum atomic E-state index is 14.5. The van der Waals surface area contributed by atoms with Gasteiger partial charge in [-0.2, -0.15) is 35.8 Å². The molecule has 0 aliphatic carbocycles. The number of pyridine rings is 1. The summed E-state index contributed by atoms with van der Waals surface area (Å²) in [6.45, 7) is 3.52. The largest absolute Gasteiger partial charge is 0.756 e. The van der Waals surface area contributed by atoms with Crippen molar-refractivity contribution >= 4 is 129 Å². The van der Waals surface area contributed by atoms with Crippen molar-refractivity contribution in [2.45, 2.75) is 228 Å². The average Bonchev–Trinajstić information content (AvgIpc) is 0.770. The number of quaternary nitrogens is 1. The summed E-state index contributed by atoms with van der Waals surface area (Å²) in [7, 11) is -13.1. The fraction of sp³-hybridized carbons (Fsp3) is 0.564. The van der Waals surface area contributed by atoms with Crippen LogP contribution in [0.15, 0.2) is 125 Å². The fourth-order valence-electron chi connectivity index (χ4n) is 12.1. The van der Waals surface area contributed by atoms with E-state index in [1.807, 2.05) is 27.2 Å². The molecule has 6 rings (SSSR count). The van der Waals surface area contributed by atoms with Crippen molar-refractivity contribution in [2.75, 3.05) is 72.5 Å². The lowest BCUT2D eigenvalue weighted by Gasteiger charge is -2.31. The predicted molar refractivity (Wildman–Crippen MR) is 445 cm³/mol. The summed E-state index contributed by atoms with van der Waals surface area (Å²) >= 11 is 3.09. The number of nitrogens with one attached hydrogen (secondary N) is 5. The number of anilines is 1. The van der Waals surface area contributed by atoms with Gasteiger partial charge in [-0.1, -0.05) is 179 Å².